The number of ether oxygens (including phenoxy) is 2. The van der Waals surface area contributed by atoms with Gasteiger partial charge in [0.1, 0.15) is 6.61 Å². The van der Waals surface area contributed by atoms with E-state index in [9.17, 15) is 4.79 Å². The third-order valence-electron chi connectivity index (χ3n) is 6.92. The molecule has 2 fully saturated rings. The van der Waals surface area contributed by atoms with Gasteiger partial charge in [0, 0.05) is 21.7 Å². The predicted octanol–water partition coefficient (Wildman–Crippen LogP) is 8.83. The second kappa shape index (κ2) is 12.5. The Morgan fingerprint density at radius 3 is 2.49 bits per heavy atom. The highest BCUT2D eigenvalue weighted by atomic mass is 35.5. The van der Waals surface area contributed by atoms with Gasteiger partial charge in [-0.1, -0.05) is 72.3 Å². The molecule has 202 valence electrons. The molecule has 0 atom stereocenters. The molecule has 5 nitrogen and oxygen atoms in total. The highest BCUT2D eigenvalue weighted by Crippen LogP contribution is 2.39. The van der Waals surface area contributed by atoms with Crippen LogP contribution >= 0.6 is 35.0 Å². The summed E-state index contributed by atoms with van der Waals surface area (Å²) < 4.78 is 11.6. The summed E-state index contributed by atoms with van der Waals surface area (Å²) in [5.41, 5.74) is 3.70. The maximum absolute atomic E-state index is 13.7. The molecule has 1 amide bonds. The number of amides is 1. The van der Waals surface area contributed by atoms with E-state index >= 15 is 0 Å². The molecule has 1 saturated heterocycles. The first-order valence-corrected chi connectivity index (χ1v) is 14.6. The van der Waals surface area contributed by atoms with E-state index in [0.717, 1.165) is 47.7 Å². The van der Waals surface area contributed by atoms with Crippen LogP contribution in [-0.4, -0.2) is 29.1 Å². The average Bonchev–Trinajstić information content (AvgIpc) is 3.24. The number of rotatable bonds is 7. The van der Waals surface area contributed by atoms with E-state index in [4.69, 9.17) is 37.7 Å². The third kappa shape index (κ3) is 6.63. The molecule has 0 unspecified atom stereocenters. The Labute approximate surface area is 243 Å². The van der Waals surface area contributed by atoms with Crippen molar-refractivity contribution < 1.29 is 14.3 Å². The van der Waals surface area contributed by atoms with E-state index in [2.05, 4.69) is 6.92 Å². The Morgan fingerprint density at radius 1 is 1.00 bits per heavy atom. The second-order valence-corrected chi connectivity index (χ2v) is 11.6. The average molecular weight is 582 g/mol. The van der Waals surface area contributed by atoms with Gasteiger partial charge in [-0.25, -0.2) is 4.99 Å². The molecule has 1 saturated carbocycles. The summed E-state index contributed by atoms with van der Waals surface area (Å²) in [5.74, 6) is 1.17. The van der Waals surface area contributed by atoms with E-state index in [-0.39, 0.29) is 18.6 Å². The fraction of sp³-hybridized carbons (Fsp3) is 0.290. The van der Waals surface area contributed by atoms with Gasteiger partial charge in [-0.05, 0) is 79.6 Å². The first-order chi connectivity index (χ1) is 18.9. The number of methoxy groups -OCH3 is 1. The van der Waals surface area contributed by atoms with Gasteiger partial charge in [0.2, 0.25) is 0 Å². The molecule has 0 radical (unpaired) electrons. The molecule has 0 spiro atoms. The maximum Gasteiger partial charge on any atom is 0.267 e. The van der Waals surface area contributed by atoms with Crippen LogP contribution in [0.25, 0.3) is 6.08 Å². The van der Waals surface area contributed by atoms with Crippen LogP contribution in [0.5, 0.6) is 11.5 Å². The lowest BCUT2D eigenvalue weighted by Gasteiger charge is -2.30. The summed E-state index contributed by atoms with van der Waals surface area (Å²) >= 11 is 13.7. The van der Waals surface area contributed by atoms with Gasteiger partial charge < -0.3 is 9.47 Å². The monoisotopic (exact) mass is 580 g/mol. The molecular formula is C31H30Cl2N2O3S. The van der Waals surface area contributed by atoms with Crippen molar-refractivity contribution in [3.8, 4) is 11.5 Å². The summed E-state index contributed by atoms with van der Waals surface area (Å²) in [6.07, 6.45) is 7.40. The lowest BCUT2D eigenvalue weighted by Crippen LogP contribution is -2.40. The van der Waals surface area contributed by atoms with E-state index in [0.29, 0.717) is 26.4 Å². The van der Waals surface area contributed by atoms with Crippen molar-refractivity contribution in [2.75, 3.05) is 7.11 Å². The zero-order valence-corrected chi connectivity index (χ0v) is 24.3. The largest absolute Gasteiger partial charge is 0.493 e. The van der Waals surface area contributed by atoms with Gasteiger partial charge in [0.15, 0.2) is 16.7 Å². The molecule has 8 heteroatoms. The Hall–Kier alpha value is -2.93. The number of amidine groups is 1. The van der Waals surface area contributed by atoms with Crippen LogP contribution in [0.1, 0.15) is 48.8 Å². The van der Waals surface area contributed by atoms with Crippen LogP contribution in [0.2, 0.25) is 10.0 Å². The van der Waals surface area contributed by atoms with Gasteiger partial charge in [0.25, 0.3) is 5.91 Å². The van der Waals surface area contributed by atoms with Crippen LogP contribution in [-0.2, 0) is 11.4 Å². The number of carbonyl (C=O) groups is 1. The maximum atomic E-state index is 13.7. The minimum Gasteiger partial charge on any atom is -0.493 e. The Morgan fingerprint density at radius 2 is 1.77 bits per heavy atom. The van der Waals surface area contributed by atoms with E-state index in [1.165, 1.54) is 23.7 Å². The quantitative estimate of drug-likeness (QED) is 0.262. The normalized spacial score (nSPS) is 18.3. The van der Waals surface area contributed by atoms with Crippen LogP contribution in [0, 0.1) is 6.92 Å². The van der Waals surface area contributed by atoms with E-state index in [1.807, 2.05) is 59.5 Å². The number of carbonyl (C=O) groups excluding carboxylic acids is 1. The molecule has 39 heavy (non-hydrogen) atoms. The zero-order chi connectivity index (χ0) is 27.4. The minimum atomic E-state index is 0.00874. The van der Waals surface area contributed by atoms with Gasteiger partial charge in [0.05, 0.1) is 17.7 Å². The molecule has 0 bridgehead atoms. The minimum absolute atomic E-state index is 0.00874. The molecule has 0 N–H and O–H groups in total. The van der Waals surface area contributed by atoms with Gasteiger partial charge in [-0.15, -0.1) is 0 Å². The van der Waals surface area contributed by atoms with Gasteiger partial charge in [-0.2, -0.15) is 0 Å². The summed E-state index contributed by atoms with van der Waals surface area (Å²) in [7, 11) is 1.60. The predicted molar refractivity (Wildman–Crippen MR) is 161 cm³/mol. The summed E-state index contributed by atoms with van der Waals surface area (Å²) in [6, 6.07) is 19.2. The van der Waals surface area contributed by atoms with Crippen molar-refractivity contribution in [1.29, 1.82) is 0 Å². The number of aryl methyl sites for hydroxylation is 1. The van der Waals surface area contributed by atoms with Crippen molar-refractivity contribution in [3.05, 3.63) is 92.3 Å². The zero-order valence-electron chi connectivity index (χ0n) is 22.0. The molecule has 1 aliphatic heterocycles. The van der Waals surface area contributed by atoms with Crippen LogP contribution in [0.4, 0.5) is 5.69 Å². The van der Waals surface area contributed by atoms with Gasteiger partial charge >= 0.3 is 0 Å². The first kappa shape index (κ1) is 27.6. The lowest BCUT2D eigenvalue weighted by atomic mass is 9.94. The molecule has 1 heterocycles. The molecular weight excluding hydrogens is 551 g/mol. The van der Waals surface area contributed by atoms with Gasteiger partial charge in [-0.3, -0.25) is 9.69 Å². The highest BCUT2D eigenvalue weighted by molar-refractivity contribution is 8.18. The van der Waals surface area contributed by atoms with Crippen molar-refractivity contribution in [3.63, 3.8) is 0 Å². The SMILES string of the molecule is COc1cc(/C=C2/SC(=Nc3ccc(C)cc3)N(C3CCCCC3)C2=O)ccc1OCc1ccc(Cl)cc1Cl. The molecule has 3 aromatic rings. The van der Waals surface area contributed by atoms with Crippen molar-refractivity contribution in [2.24, 2.45) is 4.99 Å². The number of thioether (sulfide) groups is 1. The molecule has 0 aromatic heterocycles. The summed E-state index contributed by atoms with van der Waals surface area (Å²) in [5, 5.41) is 1.87. The molecule has 1 aliphatic carbocycles. The smallest absolute Gasteiger partial charge is 0.267 e. The van der Waals surface area contributed by atoms with Crippen molar-refractivity contribution in [2.45, 2.75) is 51.7 Å². The standard InChI is InChI=1S/C31H30Cl2N2O3S/c1-20-8-13-24(14-9-20)34-31-35(25-6-4-3-5-7-25)30(36)29(39-31)17-21-10-15-27(28(16-21)37-2)38-19-22-11-12-23(32)18-26(22)33/h8-18,25H,3-7,19H2,1-2H3/b29-17+,34-31?. The molecule has 5 rings (SSSR count). The van der Waals surface area contributed by atoms with Crippen LogP contribution < -0.4 is 9.47 Å². The number of aliphatic imine (C=N–C) groups is 1. The third-order valence-corrected chi connectivity index (χ3v) is 8.49. The number of halogens is 2. The lowest BCUT2D eigenvalue weighted by molar-refractivity contribution is -0.124. The Kier molecular flexibility index (Phi) is 8.85. The first-order valence-electron chi connectivity index (χ1n) is 13.0. The second-order valence-electron chi connectivity index (χ2n) is 9.74. The van der Waals surface area contributed by atoms with Crippen LogP contribution in [0.3, 0.4) is 0 Å². The summed E-state index contributed by atoms with van der Waals surface area (Å²) in [4.78, 5) is 21.1. The molecule has 2 aliphatic rings. The Bertz CT molecular complexity index is 1420. The fourth-order valence-electron chi connectivity index (χ4n) is 4.79. The molecule has 3 aromatic carbocycles. The number of nitrogens with zero attached hydrogens (tertiary/aromatic N) is 2. The number of hydrogen-bond acceptors (Lipinski definition) is 5. The number of hydrogen-bond donors (Lipinski definition) is 0. The summed E-state index contributed by atoms with van der Waals surface area (Å²) in [6.45, 7) is 2.33. The van der Waals surface area contributed by atoms with Crippen molar-refractivity contribution >= 4 is 57.8 Å². The van der Waals surface area contributed by atoms with Crippen LogP contribution in [0.15, 0.2) is 70.6 Å². The highest BCUT2D eigenvalue weighted by Gasteiger charge is 2.38. The Balaban J connectivity index is 1.39. The van der Waals surface area contributed by atoms with Crippen molar-refractivity contribution in [1.82, 2.24) is 4.90 Å². The van der Waals surface area contributed by atoms with E-state index < -0.39 is 0 Å². The fourth-order valence-corrected chi connectivity index (χ4v) is 6.32. The topological polar surface area (TPSA) is 51.1 Å². The number of benzene rings is 3. The van der Waals surface area contributed by atoms with E-state index in [1.54, 1.807) is 19.2 Å².